The van der Waals surface area contributed by atoms with Crippen LogP contribution in [0.15, 0.2) is 28.7 Å². The molecular formula is C13H19BrN2O. The van der Waals surface area contributed by atoms with Gasteiger partial charge in [0.25, 0.3) is 5.91 Å². The van der Waals surface area contributed by atoms with Crippen molar-refractivity contribution in [3.8, 4) is 0 Å². The highest BCUT2D eigenvalue weighted by atomic mass is 79.9. The second kappa shape index (κ2) is 7.45. The molecule has 0 aliphatic heterocycles. The van der Waals surface area contributed by atoms with Gasteiger partial charge in [-0.05, 0) is 51.7 Å². The maximum Gasteiger partial charge on any atom is 0.251 e. The van der Waals surface area contributed by atoms with Crippen LogP contribution in [0.25, 0.3) is 0 Å². The van der Waals surface area contributed by atoms with E-state index in [-0.39, 0.29) is 5.91 Å². The minimum Gasteiger partial charge on any atom is -0.352 e. The topological polar surface area (TPSA) is 32.3 Å². The van der Waals surface area contributed by atoms with Gasteiger partial charge >= 0.3 is 0 Å². The van der Waals surface area contributed by atoms with Crippen LogP contribution in [0.5, 0.6) is 0 Å². The lowest BCUT2D eigenvalue weighted by Crippen LogP contribution is -2.25. The van der Waals surface area contributed by atoms with Gasteiger partial charge in [0.2, 0.25) is 0 Å². The summed E-state index contributed by atoms with van der Waals surface area (Å²) in [4.78, 5) is 13.9. The first-order chi connectivity index (χ1) is 8.09. The van der Waals surface area contributed by atoms with E-state index in [1.54, 1.807) is 0 Å². The van der Waals surface area contributed by atoms with Gasteiger partial charge in [0.1, 0.15) is 0 Å². The van der Waals surface area contributed by atoms with Crippen molar-refractivity contribution in [1.82, 2.24) is 10.2 Å². The molecule has 1 aromatic rings. The van der Waals surface area contributed by atoms with E-state index in [4.69, 9.17) is 0 Å². The number of hydrogen-bond donors (Lipinski definition) is 1. The van der Waals surface area contributed by atoms with Gasteiger partial charge < -0.3 is 10.2 Å². The van der Waals surface area contributed by atoms with E-state index in [0.29, 0.717) is 5.56 Å². The number of benzene rings is 1. The molecule has 0 aromatic heterocycles. The maximum atomic E-state index is 11.8. The Kier molecular flexibility index (Phi) is 6.22. The average molecular weight is 299 g/mol. The van der Waals surface area contributed by atoms with Gasteiger partial charge in [0.15, 0.2) is 0 Å². The summed E-state index contributed by atoms with van der Waals surface area (Å²) in [5, 5.41) is 2.92. The Bertz CT molecular complexity index is 366. The van der Waals surface area contributed by atoms with Gasteiger partial charge in [0.05, 0.1) is 0 Å². The van der Waals surface area contributed by atoms with Crippen LogP contribution in [0.2, 0.25) is 0 Å². The fraction of sp³-hybridized carbons (Fsp3) is 0.462. The molecule has 0 heterocycles. The van der Waals surface area contributed by atoms with E-state index in [0.717, 1.165) is 30.4 Å². The SMILES string of the molecule is CN(C)CCCCNC(=O)c1cccc(Br)c1. The zero-order valence-corrected chi connectivity index (χ0v) is 12.0. The third-order valence-corrected chi connectivity index (χ3v) is 2.90. The fourth-order valence-corrected chi connectivity index (χ4v) is 1.89. The normalized spacial score (nSPS) is 10.6. The molecule has 0 saturated heterocycles. The van der Waals surface area contributed by atoms with Gasteiger partial charge in [-0.1, -0.05) is 22.0 Å². The Morgan fingerprint density at radius 1 is 1.35 bits per heavy atom. The first-order valence-electron chi connectivity index (χ1n) is 5.78. The van der Waals surface area contributed by atoms with Crippen LogP contribution in [-0.2, 0) is 0 Å². The van der Waals surface area contributed by atoms with Crippen LogP contribution >= 0.6 is 15.9 Å². The van der Waals surface area contributed by atoms with Crippen molar-refractivity contribution in [2.24, 2.45) is 0 Å². The zero-order valence-electron chi connectivity index (χ0n) is 10.4. The maximum absolute atomic E-state index is 11.8. The fourth-order valence-electron chi connectivity index (χ4n) is 1.49. The highest BCUT2D eigenvalue weighted by Crippen LogP contribution is 2.11. The van der Waals surface area contributed by atoms with E-state index < -0.39 is 0 Å². The molecule has 0 bridgehead atoms. The summed E-state index contributed by atoms with van der Waals surface area (Å²) in [6, 6.07) is 7.42. The van der Waals surface area contributed by atoms with Crippen molar-refractivity contribution in [1.29, 1.82) is 0 Å². The van der Waals surface area contributed by atoms with Gasteiger partial charge in [-0.15, -0.1) is 0 Å². The number of carbonyl (C=O) groups is 1. The third kappa shape index (κ3) is 5.84. The van der Waals surface area contributed by atoms with E-state index in [9.17, 15) is 4.79 Å². The second-order valence-corrected chi connectivity index (χ2v) is 5.19. The van der Waals surface area contributed by atoms with E-state index in [1.807, 2.05) is 24.3 Å². The van der Waals surface area contributed by atoms with Crippen LogP contribution in [0.1, 0.15) is 23.2 Å². The smallest absolute Gasteiger partial charge is 0.251 e. The zero-order chi connectivity index (χ0) is 12.7. The van der Waals surface area contributed by atoms with Gasteiger partial charge in [-0.3, -0.25) is 4.79 Å². The predicted octanol–water partition coefficient (Wildman–Crippen LogP) is 2.52. The minimum atomic E-state index is -0.00356. The van der Waals surface area contributed by atoms with Gasteiger partial charge in [-0.2, -0.15) is 0 Å². The largest absolute Gasteiger partial charge is 0.352 e. The average Bonchev–Trinajstić information content (AvgIpc) is 2.28. The quantitative estimate of drug-likeness (QED) is 0.819. The first kappa shape index (κ1) is 14.2. The lowest BCUT2D eigenvalue weighted by atomic mass is 10.2. The molecule has 0 radical (unpaired) electrons. The molecule has 0 saturated carbocycles. The molecule has 1 amide bonds. The van der Waals surface area contributed by atoms with Gasteiger partial charge in [0, 0.05) is 16.6 Å². The van der Waals surface area contributed by atoms with Crippen molar-refractivity contribution < 1.29 is 4.79 Å². The minimum absolute atomic E-state index is 0.00356. The molecule has 0 aliphatic rings. The molecule has 1 N–H and O–H groups in total. The molecule has 0 atom stereocenters. The number of unbranched alkanes of at least 4 members (excludes halogenated alkanes) is 1. The summed E-state index contributed by atoms with van der Waals surface area (Å²) >= 11 is 3.35. The molecule has 0 spiro atoms. The van der Waals surface area contributed by atoms with Crippen LogP contribution in [0.3, 0.4) is 0 Å². The van der Waals surface area contributed by atoms with Crippen molar-refractivity contribution in [2.45, 2.75) is 12.8 Å². The Balaban J connectivity index is 2.26. The number of nitrogens with zero attached hydrogens (tertiary/aromatic N) is 1. The van der Waals surface area contributed by atoms with E-state index >= 15 is 0 Å². The second-order valence-electron chi connectivity index (χ2n) is 4.28. The lowest BCUT2D eigenvalue weighted by molar-refractivity contribution is 0.0952. The summed E-state index contributed by atoms with van der Waals surface area (Å²) in [6.45, 7) is 1.80. The van der Waals surface area contributed by atoms with Crippen LogP contribution in [0, 0.1) is 0 Å². The van der Waals surface area contributed by atoms with Crippen molar-refractivity contribution in [3.05, 3.63) is 34.3 Å². The van der Waals surface area contributed by atoms with E-state index in [1.165, 1.54) is 0 Å². The molecule has 1 rings (SSSR count). The molecule has 17 heavy (non-hydrogen) atoms. The Morgan fingerprint density at radius 2 is 2.12 bits per heavy atom. The first-order valence-corrected chi connectivity index (χ1v) is 6.57. The molecule has 1 aromatic carbocycles. The standard InChI is InChI=1S/C13H19BrN2O/c1-16(2)9-4-3-8-15-13(17)11-6-5-7-12(14)10-11/h5-7,10H,3-4,8-9H2,1-2H3,(H,15,17). The van der Waals surface area contributed by atoms with Gasteiger partial charge in [-0.25, -0.2) is 0 Å². The number of halogens is 1. The van der Waals surface area contributed by atoms with Crippen LogP contribution < -0.4 is 5.32 Å². The summed E-state index contributed by atoms with van der Waals surface area (Å²) in [6.07, 6.45) is 2.11. The lowest BCUT2D eigenvalue weighted by Gasteiger charge is -2.09. The summed E-state index contributed by atoms with van der Waals surface area (Å²) in [7, 11) is 4.11. The molecule has 3 nitrogen and oxygen atoms in total. The highest BCUT2D eigenvalue weighted by molar-refractivity contribution is 9.10. The molecule has 0 fully saturated rings. The Labute approximate surface area is 111 Å². The van der Waals surface area contributed by atoms with Crippen LogP contribution in [0.4, 0.5) is 0 Å². The third-order valence-electron chi connectivity index (χ3n) is 2.40. The van der Waals surface area contributed by atoms with Crippen molar-refractivity contribution >= 4 is 21.8 Å². The van der Waals surface area contributed by atoms with Crippen molar-refractivity contribution in [3.63, 3.8) is 0 Å². The molecule has 0 unspecified atom stereocenters. The highest BCUT2D eigenvalue weighted by Gasteiger charge is 2.04. The number of hydrogen-bond acceptors (Lipinski definition) is 2. The molecule has 4 heteroatoms. The number of amides is 1. The number of nitrogens with one attached hydrogen (secondary N) is 1. The molecule has 94 valence electrons. The number of carbonyl (C=O) groups excluding carboxylic acids is 1. The summed E-state index contributed by atoms with van der Waals surface area (Å²) < 4.78 is 0.928. The molecular weight excluding hydrogens is 280 g/mol. The Morgan fingerprint density at radius 3 is 2.76 bits per heavy atom. The number of rotatable bonds is 6. The van der Waals surface area contributed by atoms with E-state index in [2.05, 4.69) is 40.2 Å². The Hall–Kier alpha value is -0.870. The van der Waals surface area contributed by atoms with Crippen molar-refractivity contribution in [2.75, 3.05) is 27.2 Å². The summed E-state index contributed by atoms with van der Waals surface area (Å²) in [5.74, 6) is -0.00356. The summed E-state index contributed by atoms with van der Waals surface area (Å²) in [5.41, 5.74) is 0.701. The monoisotopic (exact) mass is 298 g/mol. The molecule has 0 aliphatic carbocycles. The predicted molar refractivity (Wildman–Crippen MR) is 74.3 cm³/mol. The van der Waals surface area contributed by atoms with Crippen LogP contribution in [-0.4, -0.2) is 38.0 Å².